The summed E-state index contributed by atoms with van der Waals surface area (Å²) in [5.41, 5.74) is 7.31. The quantitative estimate of drug-likeness (QED) is 0.834. The smallest absolute Gasteiger partial charge is 0.161 e. The molecule has 0 saturated carbocycles. The number of likely N-dealkylation sites (N-methyl/N-ethyl adjacent to an activating group) is 1. The van der Waals surface area contributed by atoms with Crippen LogP contribution in [0.1, 0.15) is 31.9 Å². The summed E-state index contributed by atoms with van der Waals surface area (Å²) in [4.78, 5) is 4.88. The van der Waals surface area contributed by atoms with Crippen molar-refractivity contribution in [2.75, 3.05) is 46.9 Å². The predicted octanol–water partition coefficient (Wildman–Crippen LogP) is 2.12. The number of piperazine rings is 1. The minimum atomic E-state index is 0.223. The second-order valence-corrected chi connectivity index (χ2v) is 6.33. The molecule has 1 aromatic rings. The molecule has 1 aliphatic rings. The van der Waals surface area contributed by atoms with Crippen LogP contribution in [0, 0.1) is 0 Å². The maximum Gasteiger partial charge on any atom is 0.161 e. The van der Waals surface area contributed by atoms with E-state index in [1.54, 1.807) is 7.11 Å². The van der Waals surface area contributed by atoms with Gasteiger partial charge in [-0.15, -0.1) is 0 Å². The second kappa shape index (κ2) is 8.52. The van der Waals surface area contributed by atoms with E-state index in [0.29, 0.717) is 19.2 Å². The highest BCUT2D eigenvalue weighted by molar-refractivity contribution is 5.44. The van der Waals surface area contributed by atoms with Crippen LogP contribution in [-0.4, -0.2) is 62.8 Å². The number of methoxy groups -OCH3 is 1. The highest BCUT2D eigenvalue weighted by Gasteiger charge is 2.27. The molecule has 1 heterocycles. The van der Waals surface area contributed by atoms with Crippen molar-refractivity contribution in [2.24, 2.45) is 5.73 Å². The summed E-state index contributed by atoms with van der Waals surface area (Å²) in [5, 5.41) is 0. The molecule has 1 aliphatic heterocycles. The van der Waals surface area contributed by atoms with Crippen LogP contribution < -0.4 is 15.2 Å². The Morgan fingerprint density at radius 3 is 2.70 bits per heavy atom. The molecular weight excluding hydrogens is 290 g/mol. The van der Waals surface area contributed by atoms with E-state index >= 15 is 0 Å². The molecule has 1 saturated heterocycles. The molecule has 0 aliphatic carbocycles. The molecule has 23 heavy (non-hydrogen) atoms. The summed E-state index contributed by atoms with van der Waals surface area (Å²) in [6.07, 6.45) is 0.976. The molecular formula is C18H31N3O2. The molecule has 2 N–H and O–H groups in total. The standard InChI is InChI=1S/C18H31N3O2/c1-5-10-23-18-11-15(6-7-17(18)22-4)16(12-19)21-9-8-20(3)14(2)13-21/h6-7,11,14,16H,5,8-10,12-13,19H2,1-4H3. The first-order chi connectivity index (χ1) is 11.1. The van der Waals surface area contributed by atoms with E-state index in [2.05, 4.69) is 42.8 Å². The molecule has 2 unspecified atom stereocenters. The fourth-order valence-corrected chi connectivity index (χ4v) is 3.08. The summed E-state index contributed by atoms with van der Waals surface area (Å²) in [7, 11) is 3.86. The molecule has 0 spiro atoms. The zero-order valence-corrected chi connectivity index (χ0v) is 14.9. The lowest BCUT2D eigenvalue weighted by Gasteiger charge is -2.41. The van der Waals surface area contributed by atoms with Crippen LogP contribution in [-0.2, 0) is 0 Å². The molecule has 0 amide bonds. The molecule has 0 bridgehead atoms. The lowest BCUT2D eigenvalue weighted by Crippen LogP contribution is -2.52. The van der Waals surface area contributed by atoms with E-state index in [-0.39, 0.29) is 6.04 Å². The largest absolute Gasteiger partial charge is 0.493 e. The maximum absolute atomic E-state index is 6.11. The van der Waals surface area contributed by atoms with Gasteiger partial charge in [-0.05, 0) is 38.1 Å². The molecule has 130 valence electrons. The molecule has 2 atom stereocenters. The normalized spacial score (nSPS) is 21.2. The Morgan fingerprint density at radius 2 is 2.09 bits per heavy atom. The maximum atomic E-state index is 6.11. The summed E-state index contributed by atoms with van der Waals surface area (Å²) < 4.78 is 11.3. The van der Waals surface area contributed by atoms with E-state index in [0.717, 1.165) is 37.6 Å². The van der Waals surface area contributed by atoms with Crippen molar-refractivity contribution in [3.05, 3.63) is 23.8 Å². The zero-order valence-electron chi connectivity index (χ0n) is 14.9. The Bertz CT molecular complexity index is 495. The minimum absolute atomic E-state index is 0.223. The van der Waals surface area contributed by atoms with Crippen LogP contribution in [0.15, 0.2) is 18.2 Å². The van der Waals surface area contributed by atoms with Gasteiger partial charge >= 0.3 is 0 Å². The Labute approximate surface area is 140 Å². The van der Waals surface area contributed by atoms with Gasteiger partial charge in [-0.1, -0.05) is 13.0 Å². The average molecular weight is 321 g/mol. The van der Waals surface area contributed by atoms with Crippen LogP contribution >= 0.6 is 0 Å². The fourth-order valence-electron chi connectivity index (χ4n) is 3.08. The third kappa shape index (κ3) is 4.37. The van der Waals surface area contributed by atoms with Crippen molar-refractivity contribution in [2.45, 2.75) is 32.4 Å². The van der Waals surface area contributed by atoms with Crippen molar-refractivity contribution >= 4 is 0 Å². The van der Waals surface area contributed by atoms with Crippen molar-refractivity contribution in [3.63, 3.8) is 0 Å². The van der Waals surface area contributed by atoms with Gasteiger partial charge < -0.3 is 20.1 Å². The summed E-state index contributed by atoms with van der Waals surface area (Å²) in [5.74, 6) is 1.59. The Hall–Kier alpha value is -1.30. The van der Waals surface area contributed by atoms with Gasteiger partial charge in [0.2, 0.25) is 0 Å². The van der Waals surface area contributed by atoms with E-state index < -0.39 is 0 Å². The number of nitrogens with two attached hydrogens (primary N) is 1. The summed E-state index contributed by atoms with van der Waals surface area (Å²) in [6.45, 7) is 8.82. The first-order valence-electron chi connectivity index (χ1n) is 8.55. The van der Waals surface area contributed by atoms with Crippen LogP contribution in [0.25, 0.3) is 0 Å². The topological polar surface area (TPSA) is 51.0 Å². The predicted molar refractivity (Wildman–Crippen MR) is 94.2 cm³/mol. The monoisotopic (exact) mass is 321 g/mol. The minimum Gasteiger partial charge on any atom is -0.493 e. The number of ether oxygens (including phenoxy) is 2. The number of hydrogen-bond donors (Lipinski definition) is 1. The SMILES string of the molecule is CCCOc1cc(C(CN)N2CCN(C)C(C)C2)ccc1OC. The lowest BCUT2D eigenvalue weighted by molar-refractivity contribution is 0.0740. The number of benzene rings is 1. The number of rotatable bonds is 7. The molecule has 2 rings (SSSR count). The van der Waals surface area contributed by atoms with Crippen molar-refractivity contribution in [3.8, 4) is 11.5 Å². The van der Waals surface area contributed by atoms with Gasteiger partial charge in [0, 0.05) is 38.3 Å². The van der Waals surface area contributed by atoms with Crippen molar-refractivity contribution < 1.29 is 9.47 Å². The van der Waals surface area contributed by atoms with Crippen LogP contribution in [0.3, 0.4) is 0 Å². The summed E-state index contributed by atoms with van der Waals surface area (Å²) in [6, 6.07) is 6.96. The second-order valence-electron chi connectivity index (χ2n) is 6.33. The van der Waals surface area contributed by atoms with E-state index in [1.165, 1.54) is 5.56 Å². The van der Waals surface area contributed by atoms with Gasteiger partial charge in [0.25, 0.3) is 0 Å². The van der Waals surface area contributed by atoms with E-state index in [1.807, 2.05) is 6.07 Å². The Morgan fingerprint density at radius 1 is 1.30 bits per heavy atom. The van der Waals surface area contributed by atoms with Crippen molar-refractivity contribution in [1.82, 2.24) is 9.80 Å². The first kappa shape index (κ1) is 18.0. The highest BCUT2D eigenvalue weighted by atomic mass is 16.5. The molecule has 0 aromatic heterocycles. The highest BCUT2D eigenvalue weighted by Crippen LogP contribution is 2.32. The third-order valence-corrected chi connectivity index (χ3v) is 4.69. The van der Waals surface area contributed by atoms with Gasteiger partial charge in [0.05, 0.1) is 13.7 Å². The molecule has 0 radical (unpaired) electrons. The third-order valence-electron chi connectivity index (χ3n) is 4.69. The molecule has 5 heteroatoms. The first-order valence-corrected chi connectivity index (χ1v) is 8.55. The lowest BCUT2D eigenvalue weighted by atomic mass is 10.0. The average Bonchev–Trinajstić information content (AvgIpc) is 2.57. The Kier molecular flexibility index (Phi) is 6.69. The molecule has 1 aromatic carbocycles. The van der Waals surface area contributed by atoms with E-state index in [9.17, 15) is 0 Å². The summed E-state index contributed by atoms with van der Waals surface area (Å²) >= 11 is 0. The molecule has 1 fully saturated rings. The van der Waals surface area contributed by atoms with Gasteiger partial charge in [0.15, 0.2) is 11.5 Å². The van der Waals surface area contributed by atoms with Crippen molar-refractivity contribution in [1.29, 1.82) is 0 Å². The van der Waals surface area contributed by atoms with Gasteiger partial charge in [-0.3, -0.25) is 4.90 Å². The van der Waals surface area contributed by atoms with Gasteiger partial charge in [-0.2, -0.15) is 0 Å². The van der Waals surface area contributed by atoms with Crippen LogP contribution in [0.4, 0.5) is 0 Å². The fraction of sp³-hybridized carbons (Fsp3) is 0.667. The number of hydrogen-bond acceptors (Lipinski definition) is 5. The Balaban J connectivity index is 2.20. The molecule has 5 nitrogen and oxygen atoms in total. The van der Waals surface area contributed by atoms with Crippen LogP contribution in [0.2, 0.25) is 0 Å². The van der Waals surface area contributed by atoms with E-state index in [4.69, 9.17) is 15.2 Å². The zero-order chi connectivity index (χ0) is 16.8. The van der Waals surface area contributed by atoms with Gasteiger partial charge in [0.1, 0.15) is 0 Å². The number of nitrogens with zero attached hydrogens (tertiary/aromatic N) is 2. The van der Waals surface area contributed by atoms with Crippen LogP contribution in [0.5, 0.6) is 11.5 Å². The van der Waals surface area contributed by atoms with Gasteiger partial charge in [-0.25, -0.2) is 0 Å².